The lowest BCUT2D eigenvalue weighted by atomic mass is 10.3. The van der Waals surface area contributed by atoms with Gasteiger partial charge < -0.3 is 14.3 Å². The lowest BCUT2D eigenvalue weighted by Gasteiger charge is -2.19. The molecular weight excluding hydrogens is 306 g/mol. The molecule has 0 radical (unpaired) electrons. The number of nitrogens with zero attached hydrogens (tertiary/aromatic N) is 4. The summed E-state index contributed by atoms with van der Waals surface area (Å²) >= 11 is 0. The quantitative estimate of drug-likeness (QED) is 0.623. The first-order valence-corrected chi connectivity index (χ1v) is 7.75. The van der Waals surface area contributed by atoms with Crippen molar-refractivity contribution in [2.24, 2.45) is 0 Å². The van der Waals surface area contributed by atoms with Crippen LogP contribution in [0, 0.1) is 6.92 Å². The maximum absolute atomic E-state index is 12.1. The fourth-order valence-electron chi connectivity index (χ4n) is 2.91. The lowest BCUT2D eigenvalue weighted by molar-refractivity contribution is 0.505. The molecule has 122 valence electrons. The first kappa shape index (κ1) is 14.5. The second-order valence-corrected chi connectivity index (χ2v) is 5.74. The van der Waals surface area contributed by atoms with Crippen LogP contribution in [-0.4, -0.2) is 33.1 Å². The third-order valence-corrected chi connectivity index (χ3v) is 4.10. The van der Waals surface area contributed by atoms with Crippen LogP contribution in [0.15, 0.2) is 45.7 Å². The van der Waals surface area contributed by atoms with E-state index in [4.69, 9.17) is 4.42 Å². The van der Waals surface area contributed by atoms with Gasteiger partial charge >= 0.3 is 5.76 Å². The van der Waals surface area contributed by atoms with Crippen molar-refractivity contribution in [2.75, 3.05) is 18.5 Å². The van der Waals surface area contributed by atoms with Crippen LogP contribution >= 0.6 is 0 Å². The molecule has 3 aromatic heterocycles. The molecule has 4 rings (SSSR count). The molecule has 1 N–H and O–H groups in total. The molecule has 0 fully saturated rings. The van der Waals surface area contributed by atoms with Crippen molar-refractivity contribution in [3.8, 4) is 0 Å². The summed E-state index contributed by atoms with van der Waals surface area (Å²) in [6.45, 7) is 3.01. The highest BCUT2D eigenvalue weighted by Gasteiger charge is 2.13. The molecule has 0 saturated heterocycles. The molecule has 0 amide bonds. The number of fused-ring (bicyclic) bond motifs is 2. The van der Waals surface area contributed by atoms with Crippen molar-refractivity contribution >= 4 is 28.0 Å². The summed E-state index contributed by atoms with van der Waals surface area (Å²) in [5.74, 6) is 1.22. The maximum atomic E-state index is 12.1. The number of oxazole rings is 1. The third-order valence-electron chi connectivity index (χ3n) is 4.10. The van der Waals surface area contributed by atoms with Crippen molar-refractivity contribution in [2.45, 2.75) is 13.5 Å². The number of nitrogens with one attached hydrogen (secondary N) is 1. The van der Waals surface area contributed by atoms with Gasteiger partial charge in [0.1, 0.15) is 17.3 Å². The number of benzene rings is 1. The number of para-hydroxylation sites is 2. The highest BCUT2D eigenvalue weighted by Crippen LogP contribution is 2.22. The molecule has 1 aromatic carbocycles. The monoisotopic (exact) mass is 323 g/mol. The van der Waals surface area contributed by atoms with Crippen LogP contribution < -0.4 is 10.7 Å². The Morgan fingerprint density at radius 3 is 2.96 bits per heavy atom. The summed E-state index contributed by atoms with van der Waals surface area (Å²) in [6.07, 6.45) is 1.85. The van der Waals surface area contributed by atoms with Crippen molar-refractivity contribution in [3.05, 3.63) is 52.9 Å². The second kappa shape index (κ2) is 5.52. The first-order valence-electron chi connectivity index (χ1n) is 7.75. The van der Waals surface area contributed by atoms with Gasteiger partial charge in [-0.3, -0.25) is 4.57 Å². The SMILES string of the molecule is Cc1nc(N(C)CCn2c(=O)oc3ccccc32)c2cc[nH]c2n1. The minimum atomic E-state index is -0.338. The van der Waals surface area contributed by atoms with E-state index in [1.54, 1.807) is 10.6 Å². The van der Waals surface area contributed by atoms with E-state index in [-0.39, 0.29) is 5.76 Å². The summed E-state index contributed by atoms with van der Waals surface area (Å²) in [6, 6.07) is 9.40. The predicted molar refractivity (Wildman–Crippen MR) is 92.4 cm³/mol. The Bertz CT molecular complexity index is 1080. The van der Waals surface area contributed by atoms with E-state index in [0.29, 0.717) is 24.5 Å². The third kappa shape index (κ3) is 2.34. The number of aromatic amines is 1. The molecule has 0 aliphatic heterocycles. The van der Waals surface area contributed by atoms with Gasteiger partial charge in [-0.1, -0.05) is 12.1 Å². The van der Waals surface area contributed by atoms with E-state index in [1.807, 2.05) is 49.3 Å². The van der Waals surface area contributed by atoms with Crippen LogP contribution in [0.3, 0.4) is 0 Å². The molecule has 4 aromatic rings. The normalized spacial score (nSPS) is 11.4. The number of aryl methyl sites for hydroxylation is 1. The zero-order chi connectivity index (χ0) is 16.7. The number of likely N-dealkylation sites (N-methyl/N-ethyl adjacent to an activating group) is 1. The fourth-order valence-corrected chi connectivity index (χ4v) is 2.91. The number of aromatic nitrogens is 4. The van der Waals surface area contributed by atoms with Crippen LogP contribution in [0.25, 0.3) is 22.1 Å². The highest BCUT2D eigenvalue weighted by molar-refractivity contribution is 5.87. The van der Waals surface area contributed by atoms with E-state index < -0.39 is 0 Å². The van der Waals surface area contributed by atoms with E-state index in [0.717, 1.165) is 22.4 Å². The average Bonchev–Trinajstić information content (AvgIpc) is 3.15. The zero-order valence-corrected chi connectivity index (χ0v) is 13.5. The largest absolute Gasteiger partial charge is 0.420 e. The molecule has 7 nitrogen and oxygen atoms in total. The lowest BCUT2D eigenvalue weighted by Crippen LogP contribution is -2.27. The summed E-state index contributed by atoms with van der Waals surface area (Å²) in [7, 11) is 1.96. The highest BCUT2D eigenvalue weighted by atomic mass is 16.4. The van der Waals surface area contributed by atoms with Crippen molar-refractivity contribution in [1.82, 2.24) is 19.5 Å². The molecular formula is C17H17N5O2. The van der Waals surface area contributed by atoms with Gasteiger partial charge in [-0.2, -0.15) is 0 Å². The Hall–Kier alpha value is -3.09. The smallest absolute Gasteiger partial charge is 0.408 e. The van der Waals surface area contributed by atoms with Crippen molar-refractivity contribution < 1.29 is 4.42 Å². The molecule has 0 saturated carbocycles. The molecule has 3 heterocycles. The second-order valence-electron chi connectivity index (χ2n) is 5.74. The molecule has 0 spiro atoms. The minimum absolute atomic E-state index is 0.338. The Kier molecular flexibility index (Phi) is 3.34. The summed E-state index contributed by atoms with van der Waals surface area (Å²) < 4.78 is 6.92. The Labute approximate surface area is 137 Å². The van der Waals surface area contributed by atoms with Gasteiger partial charge in [0, 0.05) is 26.3 Å². The zero-order valence-electron chi connectivity index (χ0n) is 13.5. The summed E-state index contributed by atoms with van der Waals surface area (Å²) in [4.78, 5) is 26.1. The Balaban J connectivity index is 1.64. The van der Waals surface area contributed by atoms with E-state index >= 15 is 0 Å². The van der Waals surface area contributed by atoms with Gasteiger partial charge in [0.2, 0.25) is 0 Å². The predicted octanol–water partition coefficient (Wildman–Crippen LogP) is 2.31. The summed E-state index contributed by atoms with van der Waals surface area (Å²) in [5.41, 5.74) is 2.23. The van der Waals surface area contributed by atoms with Crippen LogP contribution in [0.5, 0.6) is 0 Å². The molecule has 24 heavy (non-hydrogen) atoms. The van der Waals surface area contributed by atoms with Crippen LogP contribution in [0.1, 0.15) is 5.82 Å². The number of rotatable bonds is 4. The fraction of sp³-hybridized carbons (Fsp3) is 0.235. The number of anilines is 1. The molecule has 7 heteroatoms. The number of hydrogen-bond acceptors (Lipinski definition) is 5. The molecule has 0 atom stereocenters. The van der Waals surface area contributed by atoms with E-state index in [2.05, 4.69) is 15.0 Å². The van der Waals surface area contributed by atoms with Gasteiger partial charge in [0.15, 0.2) is 5.58 Å². The van der Waals surface area contributed by atoms with Crippen LogP contribution in [0.2, 0.25) is 0 Å². The van der Waals surface area contributed by atoms with Gasteiger partial charge in [0.25, 0.3) is 0 Å². The Morgan fingerprint density at radius 1 is 1.25 bits per heavy atom. The first-order chi connectivity index (χ1) is 11.6. The van der Waals surface area contributed by atoms with Gasteiger partial charge in [-0.05, 0) is 25.1 Å². The van der Waals surface area contributed by atoms with E-state index in [1.165, 1.54) is 0 Å². The standard InChI is InChI=1S/C17H17N5O2/c1-11-19-15-12(7-8-18-15)16(20-11)21(2)9-10-22-13-5-3-4-6-14(13)24-17(22)23/h3-8H,9-10H2,1-2H3,(H,18,19,20). The van der Waals surface area contributed by atoms with Crippen LogP contribution in [0.4, 0.5) is 5.82 Å². The number of H-pyrrole nitrogens is 1. The van der Waals surface area contributed by atoms with Gasteiger partial charge in [0.05, 0.1) is 10.9 Å². The van der Waals surface area contributed by atoms with Crippen molar-refractivity contribution in [1.29, 1.82) is 0 Å². The van der Waals surface area contributed by atoms with Crippen molar-refractivity contribution in [3.63, 3.8) is 0 Å². The molecule has 0 bridgehead atoms. The topological polar surface area (TPSA) is 80.0 Å². The average molecular weight is 323 g/mol. The minimum Gasteiger partial charge on any atom is -0.408 e. The van der Waals surface area contributed by atoms with Gasteiger partial charge in [-0.25, -0.2) is 14.8 Å². The molecule has 0 unspecified atom stereocenters. The maximum Gasteiger partial charge on any atom is 0.420 e. The molecule has 0 aliphatic carbocycles. The number of hydrogen-bond donors (Lipinski definition) is 1. The van der Waals surface area contributed by atoms with E-state index in [9.17, 15) is 4.79 Å². The van der Waals surface area contributed by atoms with Crippen LogP contribution in [-0.2, 0) is 6.54 Å². The van der Waals surface area contributed by atoms with Gasteiger partial charge in [-0.15, -0.1) is 0 Å². The Morgan fingerprint density at radius 2 is 2.08 bits per heavy atom. The molecule has 0 aliphatic rings. The summed E-state index contributed by atoms with van der Waals surface area (Å²) in [5, 5.41) is 0.965.